The maximum Gasteiger partial charge on any atom is 0.165 e. The fraction of sp³-hybridized carbons (Fsp3) is 0.583. The quantitative estimate of drug-likeness (QED) is 0.483. The standard InChI is InChI=1S/C12H19ClN4OSi/c1-9-15-11(13)10-7-14-17(12(10)16-9)8-18-5-6-19(2,3)4/h7H,5-6,8H2,1-4H3. The fourth-order valence-corrected chi connectivity index (χ4v) is 2.66. The first-order chi connectivity index (χ1) is 8.87. The van der Waals surface area contributed by atoms with Gasteiger partial charge in [0.15, 0.2) is 5.65 Å². The monoisotopic (exact) mass is 298 g/mol. The molecule has 0 aliphatic heterocycles. The van der Waals surface area contributed by atoms with Crippen LogP contribution >= 0.6 is 11.6 Å². The van der Waals surface area contributed by atoms with Crippen LogP contribution in [0.5, 0.6) is 0 Å². The number of ether oxygens (including phenoxy) is 1. The minimum Gasteiger partial charge on any atom is -0.359 e. The maximum absolute atomic E-state index is 6.06. The van der Waals surface area contributed by atoms with Crippen LogP contribution in [-0.4, -0.2) is 34.4 Å². The predicted molar refractivity (Wildman–Crippen MR) is 79.2 cm³/mol. The Morgan fingerprint density at radius 1 is 1.32 bits per heavy atom. The normalized spacial score (nSPS) is 12.3. The lowest BCUT2D eigenvalue weighted by Crippen LogP contribution is -2.22. The van der Waals surface area contributed by atoms with E-state index in [-0.39, 0.29) is 0 Å². The molecule has 0 saturated heterocycles. The number of rotatable bonds is 5. The van der Waals surface area contributed by atoms with Gasteiger partial charge in [0.25, 0.3) is 0 Å². The highest BCUT2D eigenvalue weighted by molar-refractivity contribution is 6.76. The summed E-state index contributed by atoms with van der Waals surface area (Å²) in [5.74, 6) is 0.640. The van der Waals surface area contributed by atoms with E-state index in [4.69, 9.17) is 16.3 Å². The Labute approximate surface area is 119 Å². The lowest BCUT2D eigenvalue weighted by Gasteiger charge is -2.15. The molecular weight excluding hydrogens is 280 g/mol. The third-order valence-corrected chi connectivity index (χ3v) is 4.76. The Balaban J connectivity index is 2.05. The first kappa shape index (κ1) is 14.4. The van der Waals surface area contributed by atoms with Crippen molar-refractivity contribution >= 4 is 30.7 Å². The molecule has 2 rings (SSSR count). The molecule has 0 N–H and O–H groups in total. The molecule has 0 saturated carbocycles. The molecule has 0 aliphatic carbocycles. The van der Waals surface area contributed by atoms with Crippen LogP contribution in [-0.2, 0) is 11.5 Å². The highest BCUT2D eigenvalue weighted by Gasteiger charge is 2.13. The molecule has 7 heteroatoms. The van der Waals surface area contributed by atoms with Crippen LogP contribution in [0.3, 0.4) is 0 Å². The largest absolute Gasteiger partial charge is 0.359 e. The van der Waals surface area contributed by atoms with E-state index in [2.05, 4.69) is 34.7 Å². The molecule has 0 amide bonds. The molecule has 0 spiro atoms. The Morgan fingerprint density at radius 2 is 2.05 bits per heavy atom. The van der Waals surface area contributed by atoms with E-state index in [1.807, 2.05) is 6.92 Å². The first-order valence-electron chi connectivity index (χ1n) is 6.30. The van der Waals surface area contributed by atoms with E-state index < -0.39 is 8.07 Å². The van der Waals surface area contributed by atoms with Crippen molar-refractivity contribution in [2.45, 2.75) is 39.3 Å². The van der Waals surface area contributed by atoms with E-state index in [1.54, 1.807) is 10.9 Å². The summed E-state index contributed by atoms with van der Waals surface area (Å²) >= 11 is 6.06. The Morgan fingerprint density at radius 3 is 2.74 bits per heavy atom. The Hall–Kier alpha value is -0.983. The molecule has 2 aromatic rings. The SMILES string of the molecule is Cc1nc(Cl)c2cnn(COCC[Si](C)(C)C)c2n1. The van der Waals surface area contributed by atoms with Crippen LogP contribution < -0.4 is 0 Å². The van der Waals surface area contributed by atoms with Gasteiger partial charge in [0, 0.05) is 14.7 Å². The van der Waals surface area contributed by atoms with Crippen LogP contribution in [0.2, 0.25) is 30.8 Å². The third-order valence-electron chi connectivity index (χ3n) is 2.77. The van der Waals surface area contributed by atoms with Crippen molar-refractivity contribution in [2.75, 3.05) is 6.61 Å². The van der Waals surface area contributed by atoms with Gasteiger partial charge in [0.1, 0.15) is 17.7 Å². The van der Waals surface area contributed by atoms with Gasteiger partial charge in [-0.1, -0.05) is 31.2 Å². The van der Waals surface area contributed by atoms with Gasteiger partial charge >= 0.3 is 0 Å². The summed E-state index contributed by atoms with van der Waals surface area (Å²) in [6.45, 7) is 9.96. The fourth-order valence-electron chi connectivity index (χ4n) is 1.65. The highest BCUT2D eigenvalue weighted by Crippen LogP contribution is 2.19. The number of fused-ring (bicyclic) bond motifs is 1. The summed E-state index contributed by atoms with van der Waals surface area (Å²) in [6.07, 6.45) is 1.68. The van der Waals surface area contributed by atoms with Gasteiger partial charge in [-0.2, -0.15) is 5.10 Å². The number of halogens is 1. The molecule has 0 aliphatic rings. The summed E-state index contributed by atoms with van der Waals surface area (Å²) in [5, 5.41) is 5.45. The van der Waals surface area contributed by atoms with E-state index >= 15 is 0 Å². The molecule has 2 aromatic heterocycles. The Kier molecular flexibility index (Phi) is 4.22. The van der Waals surface area contributed by atoms with E-state index in [1.165, 1.54) is 0 Å². The summed E-state index contributed by atoms with van der Waals surface area (Å²) in [7, 11) is -1.05. The molecule has 104 valence electrons. The van der Waals surface area contributed by atoms with Gasteiger partial charge in [-0.15, -0.1) is 0 Å². The average molecular weight is 299 g/mol. The van der Waals surface area contributed by atoms with Crippen molar-refractivity contribution in [3.63, 3.8) is 0 Å². The molecule has 0 atom stereocenters. The molecule has 0 unspecified atom stereocenters. The van der Waals surface area contributed by atoms with Crippen molar-refractivity contribution in [3.05, 3.63) is 17.2 Å². The maximum atomic E-state index is 6.06. The number of nitrogens with zero attached hydrogens (tertiary/aromatic N) is 4. The molecule has 2 heterocycles. The minimum absolute atomic E-state index is 0.404. The van der Waals surface area contributed by atoms with Gasteiger partial charge in [-0.05, 0) is 13.0 Å². The van der Waals surface area contributed by atoms with Gasteiger partial charge in [0.05, 0.1) is 11.6 Å². The van der Waals surface area contributed by atoms with E-state index in [9.17, 15) is 0 Å². The molecule has 0 aromatic carbocycles. The van der Waals surface area contributed by atoms with Crippen LogP contribution in [0.4, 0.5) is 0 Å². The van der Waals surface area contributed by atoms with E-state index in [0.717, 1.165) is 23.7 Å². The van der Waals surface area contributed by atoms with Crippen molar-refractivity contribution in [2.24, 2.45) is 0 Å². The van der Waals surface area contributed by atoms with Crippen LogP contribution in [0.1, 0.15) is 5.82 Å². The second-order valence-corrected chi connectivity index (χ2v) is 11.8. The zero-order valence-electron chi connectivity index (χ0n) is 11.8. The predicted octanol–water partition coefficient (Wildman–Crippen LogP) is 3.10. The first-order valence-corrected chi connectivity index (χ1v) is 10.4. The van der Waals surface area contributed by atoms with Gasteiger partial charge < -0.3 is 4.74 Å². The van der Waals surface area contributed by atoms with E-state index in [0.29, 0.717) is 17.7 Å². The highest BCUT2D eigenvalue weighted by atomic mass is 35.5. The van der Waals surface area contributed by atoms with Gasteiger partial charge in [-0.3, -0.25) is 0 Å². The van der Waals surface area contributed by atoms with Crippen molar-refractivity contribution in [1.82, 2.24) is 19.7 Å². The zero-order valence-corrected chi connectivity index (χ0v) is 13.5. The van der Waals surface area contributed by atoms with Crippen LogP contribution in [0.25, 0.3) is 11.0 Å². The summed E-state index contributed by atoms with van der Waals surface area (Å²) < 4.78 is 7.40. The molecule has 5 nitrogen and oxygen atoms in total. The minimum atomic E-state index is -1.05. The van der Waals surface area contributed by atoms with Crippen LogP contribution in [0.15, 0.2) is 6.20 Å². The molecule has 0 fully saturated rings. The molecule has 0 bridgehead atoms. The lowest BCUT2D eigenvalue weighted by molar-refractivity contribution is 0.0812. The van der Waals surface area contributed by atoms with Gasteiger partial charge in [-0.25, -0.2) is 14.6 Å². The zero-order chi connectivity index (χ0) is 14.0. The summed E-state index contributed by atoms with van der Waals surface area (Å²) in [4.78, 5) is 8.47. The average Bonchev–Trinajstić information content (AvgIpc) is 2.66. The number of hydrogen-bond acceptors (Lipinski definition) is 4. The smallest absolute Gasteiger partial charge is 0.165 e. The van der Waals surface area contributed by atoms with Gasteiger partial charge in [0.2, 0.25) is 0 Å². The van der Waals surface area contributed by atoms with Crippen molar-refractivity contribution in [1.29, 1.82) is 0 Å². The summed E-state index contributed by atoms with van der Waals surface area (Å²) in [6, 6.07) is 1.14. The number of aryl methyl sites for hydroxylation is 1. The molecule has 19 heavy (non-hydrogen) atoms. The molecule has 0 radical (unpaired) electrons. The van der Waals surface area contributed by atoms with Crippen molar-refractivity contribution in [3.8, 4) is 0 Å². The second kappa shape index (κ2) is 5.56. The summed E-state index contributed by atoms with van der Waals surface area (Å²) in [5.41, 5.74) is 0.727. The molecular formula is C12H19ClN4OSi. The van der Waals surface area contributed by atoms with Crippen LogP contribution in [0, 0.1) is 6.92 Å². The lowest BCUT2D eigenvalue weighted by atomic mass is 10.4. The Bertz CT molecular complexity index is 579. The number of hydrogen-bond donors (Lipinski definition) is 0. The third kappa shape index (κ3) is 3.74. The van der Waals surface area contributed by atoms with Crippen molar-refractivity contribution < 1.29 is 4.74 Å². The second-order valence-electron chi connectivity index (χ2n) is 5.79. The number of aromatic nitrogens is 4. The topological polar surface area (TPSA) is 52.8 Å².